The van der Waals surface area contributed by atoms with Crippen molar-refractivity contribution >= 4 is 44.2 Å². The Morgan fingerprint density at radius 2 is 2.00 bits per heavy atom. The van der Waals surface area contributed by atoms with Crippen LogP contribution in [0.5, 0.6) is 5.75 Å². The number of benzene rings is 2. The van der Waals surface area contributed by atoms with Gasteiger partial charge in [0.2, 0.25) is 11.8 Å². The van der Waals surface area contributed by atoms with Gasteiger partial charge in [-0.1, -0.05) is 29.5 Å². The molecule has 0 saturated carbocycles. The van der Waals surface area contributed by atoms with Crippen molar-refractivity contribution in [1.29, 1.82) is 0 Å². The Balaban J connectivity index is 1.36. The highest BCUT2D eigenvalue weighted by molar-refractivity contribution is 7.22. The highest BCUT2D eigenvalue weighted by Gasteiger charge is 2.38. The summed E-state index contributed by atoms with van der Waals surface area (Å²) in [7, 11) is 0. The van der Waals surface area contributed by atoms with Crippen molar-refractivity contribution in [2.75, 3.05) is 62.3 Å². The van der Waals surface area contributed by atoms with Crippen LogP contribution in [0.4, 0.5) is 10.8 Å². The second-order valence-corrected chi connectivity index (χ2v) is 10.1. The van der Waals surface area contributed by atoms with Crippen molar-refractivity contribution in [3.05, 3.63) is 48.5 Å². The van der Waals surface area contributed by atoms with E-state index in [0.29, 0.717) is 24.8 Å². The minimum Gasteiger partial charge on any atom is -0.494 e. The van der Waals surface area contributed by atoms with Crippen LogP contribution in [0.25, 0.3) is 10.2 Å². The summed E-state index contributed by atoms with van der Waals surface area (Å²) in [4.78, 5) is 37.4. The molecule has 2 aliphatic rings. The van der Waals surface area contributed by atoms with Gasteiger partial charge < -0.3 is 14.4 Å². The average Bonchev–Trinajstić information content (AvgIpc) is 3.51. The average molecular weight is 509 g/mol. The lowest BCUT2D eigenvalue weighted by atomic mass is 10.1. The van der Waals surface area contributed by atoms with Gasteiger partial charge in [0.25, 0.3) is 0 Å². The summed E-state index contributed by atoms with van der Waals surface area (Å²) in [6.45, 7) is 7.73. The molecule has 3 heterocycles. The highest BCUT2D eigenvalue weighted by Crippen LogP contribution is 2.34. The van der Waals surface area contributed by atoms with E-state index >= 15 is 0 Å². The minimum atomic E-state index is -0.396. The van der Waals surface area contributed by atoms with E-state index in [4.69, 9.17) is 14.5 Å². The molecule has 2 aliphatic heterocycles. The molecule has 0 N–H and O–H groups in total. The summed E-state index contributed by atoms with van der Waals surface area (Å²) >= 11 is 1.50. The van der Waals surface area contributed by atoms with Gasteiger partial charge in [0, 0.05) is 44.8 Å². The topological polar surface area (TPSA) is 75.2 Å². The van der Waals surface area contributed by atoms with Crippen molar-refractivity contribution in [3.63, 3.8) is 0 Å². The fraction of sp³-hybridized carbons (Fsp3) is 0.444. The molecule has 2 amide bonds. The number of carbonyl (C=O) groups is 2. The largest absolute Gasteiger partial charge is 0.494 e. The van der Waals surface area contributed by atoms with Gasteiger partial charge in [0.15, 0.2) is 5.13 Å². The molecule has 190 valence electrons. The van der Waals surface area contributed by atoms with Crippen LogP contribution < -0.4 is 14.5 Å². The third-order valence-electron chi connectivity index (χ3n) is 6.66. The zero-order chi connectivity index (χ0) is 24.9. The Kier molecular flexibility index (Phi) is 7.79. The molecular weight excluding hydrogens is 476 g/mol. The number of anilines is 2. The van der Waals surface area contributed by atoms with Gasteiger partial charge in [-0.2, -0.15) is 0 Å². The quantitative estimate of drug-likeness (QED) is 0.438. The summed E-state index contributed by atoms with van der Waals surface area (Å²) in [6.07, 6.45) is 1.04. The number of hydrogen-bond donors (Lipinski definition) is 0. The molecule has 1 atom stereocenters. The molecule has 1 aromatic heterocycles. The van der Waals surface area contributed by atoms with Crippen molar-refractivity contribution in [2.45, 2.75) is 19.8 Å². The molecule has 2 saturated heterocycles. The normalized spacial score (nSPS) is 18.6. The van der Waals surface area contributed by atoms with Crippen LogP contribution in [-0.2, 0) is 14.3 Å². The first-order valence-electron chi connectivity index (χ1n) is 12.6. The van der Waals surface area contributed by atoms with E-state index in [2.05, 4.69) is 4.90 Å². The molecular formula is C27H32N4O4S. The Morgan fingerprint density at radius 3 is 2.78 bits per heavy atom. The van der Waals surface area contributed by atoms with Gasteiger partial charge in [0.05, 0.1) is 36.0 Å². The van der Waals surface area contributed by atoms with Crippen LogP contribution in [0.15, 0.2) is 48.5 Å². The zero-order valence-corrected chi connectivity index (χ0v) is 21.4. The van der Waals surface area contributed by atoms with Gasteiger partial charge >= 0.3 is 0 Å². The molecule has 2 aromatic carbocycles. The predicted octanol–water partition coefficient (Wildman–Crippen LogP) is 3.80. The van der Waals surface area contributed by atoms with E-state index in [1.807, 2.05) is 55.5 Å². The first-order chi connectivity index (χ1) is 17.6. The number of hydrogen-bond acceptors (Lipinski definition) is 7. The Labute approximate surface area is 215 Å². The SMILES string of the molecule is CCOc1ccc2nc(N(CCCN3CCOCC3)C(=O)C3CC(=O)N(c4ccccc4)C3)sc2c1. The lowest BCUT2D eigenvalue weighted by Gasteiger charge is -2.28. The maximum Gasteiger partial charge on any atom is 0.234 e. The molecule has 0 aliphatic carbocycles. The predicted molar refractivity (Wildman–Crippen MR) is 142 cm³/mol. The molecule has 3 aromatic rings. The van der Waals surface area contributed by atoms with E-state index in [9.17, 15) is 9.59 Å². The van der Waals surface area contributed by atoms with Gasteiger partial charge in [-0.25, -0.2) is 4.98 Å². The molecule has 2 fully saturated rings. The summed E-state index contributed by atoms with van der Waals surface area (Å²) in [5.41, 5.74) is 1.68. The summed E-state index contributed by atoms with van der Waals surface area (Å²) in [5.74, 6) is 0.351. The lowest BCUT2D eigenvalue weighted by Crippen LogP contribution is -2.41. The van der Waals surface area contributed by atoms with Crippen molar-refractivity contribution < 1.29 is 19.1 Å². The van der Waals surface area contributed by atoms with Crippen LogP contribution in [0.1, 0.15) is 19.8 Å². The van der Waals surface area contributed by atoms with E-state index < -0.39 is 5.92 Å². The molecule has 0 radical (unpaired) electrons. The number of nitrogens with zero attached hydrogens (tertiary/aromatic N) is 4. The fourth-order valence-corrected chi connectivity index (χ4v) is 5.82. The van der Waals surface area contributed by atoms with E-state index in [1.54, 1.807) is 9.80 Å². The van der Waals surface area contributed by atoms with Gasteiger partial charge in [-0.3, -0.25) is 19.4 Å². The lowest BCUT2D eigenvalue weighted by molar-refractivity contribution is -0.124. The van der Waals surface area contributed by atoms with E-state index in [0.717, 1.165) is 60.9 Å². The van der Waals surface area contributed by atoms with Crippen molar-refractivity contribution in [1.82, 2.24) is 9.88 Å². The van der Waals surface area contributed by atoms with E-state index in [-0.39, 0.29) is 18.2 Å². The second-order valence-electron chi connectivity index (χ2n) is 9.10. The maximum atomic E-state index is 13.9. The van der Waals surface area contributed by atoms with Gasteiger partial charge in [0.1, 0.15) is 5.75 Å². The number of para-hydroxylation sites is 1. The first-order valence-corrected chi connectivity index (χ1v) is 13.4. The number of morpholine rings is 1. The summed E-state index contributed by atoms with van der Waals surface area (Å²) < 4.78 is 12.1. The van der Waals surface area contributed by atoms with Crippen LogP contribution >= 0.6 is 11.3 Å². The number of amides is 2. The van der Waals surface area contributed by atoms with Crippen LogP contribution in [-0.4, -0.2) is 74.2 Å². The molecule has 0 spiro atoms. The van der Waals surface area contributed by atoms with Gasteiger partial charge in [-0.15, -0.1) is 0 Å². The minimum absolute atomic E-state index is 0.0153. The molecule has 0 bridgehead atoms. The Hall–Kier alpha value is -3.01. The molecule has 8 nitrogen and oxygen atoms in total. The zero-order valence-electron chi connectivity index (χ0n) is 20.6. The molecule has 9 heteroatoms. The molecule has 5 rings (SSSR count). The second kappa shape index (κ2) is 11.4. The van der Waals surface area contributed by atoms with Crippen LogP contribution in [0.2, 0.25) is 0 Å². The first kappa shape index (κ1) is 24.7. The Bertz CT molecular complexity index is 1190. The number of rotatable bonds is 9. The number of aromatic nitrogens is 1. The number of fused-ring (bicyclic) bond motifs is 1. The van der Waals surface area contributed by atoms with Crippen LogP contribution in [0.3, 0.4) is 0 Å². The third-order valence-corrected chi connectivity index (χ3v) is 7.70. The maximum absolute atomic E-state index is 13.9. The number of thiazole rings is 1. The number of ether oxygens (including phenoxy) is 2. The number of carbonyl (C=O) groups excluding carboxylic acids is 2. The van der Waals surface area contributed by atoms with Crippen molar-refractivity contribution in [2.24, 2.45) is 5.92 Å². The van der Waals surface area contributed by atoms with Crippen LogP contribution in [0, 0.1) is 5.92 Å². The Morgan fingerprint density at radius 1 is 1.19 bits per heavy atom. The molecule has 36 heavy (non-hydrogen) atoms. The summed E-state index contributed by atoms with van der Waals surface area (Å²) in [6, 6.07) is 15.4. The third kappa shape index (κ3) is 5.53. The smallest absolute Gasteiger partial charge is 0.234 e. The summed E-state index contributed by atoms with van der Waals surface area (Å²) in [5, 5.41) is 0.677. The fourth-order valence-electron chi connectivity index (χ4n) is 4.79. The highest BCUT2D eigenvalue weighted by atomic mass is 32.1. The monoisotopic (exact) mass is 508 g/mol. The van der Waals surface area contributed by atoms with Crippen molar-refractivity contribution in [3.8, 4) is 5.75 Å². The van der Waals surface area contributed by atoms with E-state index in [1.165, 1.54) is 11.3 Å². The standard InChI is InChI=1S/C27H32N4O4S/c1-2-35-22-9-10-23-24(18-22)36-27(28-23)30(12-6-11-29-13-15-34-16-14-29)26(33)20-17-25(32)31(19-20)21-7-4-3-5-8-21/h3-5,7-10,18,20H,2,6,11-17,19H2,1H3. The van der Waals surface area contributed by atoms with Gasteiger partial charge in [-0.05, 0) is 43.7 Å². The molecule has 1 unspecified atom stereocenters.